The van der Waals surface area contributed by atoms with Gasteiger partial charge in [-0.2, -0.15) is 0 Å². The van der Waals surface area contributed by atoms with Crippen LogP contribution in [0.25, 0.3) is 0 Å². The van der Waals surface area contributed by atoms with Gasteiger partial charge in [-0.3, -0.25) is 0 Å². The fourth-order valence-electron chi connectivity index (χ4n) is 1.26. The summed E-state index contributed by atoms with van der Waals surface area (Å²) < 4.78 is 9.09. The van der Waals surface area contributed by atoms with Crippen molar-refractivity contribution < 1.29 is 59.3 Å². The Kier molecular flexibility index (Phi) is 8.84. The van der Waals surface area contributed by atoms with Gasteiger partial charge in [0.05, 0.1) is 0 Å². The van der Waals surface area contributed by atoms with Gasteiger partial charge >= 0.3 is 23.9 Å². The SMILES string of the molecule is CCC(COC(=O)C(O)C(O)C(=O)O)OC(=O)C(O)C(O)C(=O)O. The molecule has 0 radical (unpaired) electrons. The number of carboxylic acids is 2. The maximum Gasteiger partial charge on any atom is 0.338 e. The Balaban J connectivity index is 4.57. The van der Waals surface area contributed by atoms with Crippen molar-refractivity contribution in [1.82, 2.24) is 0 Å². The van der Waals surface area contributed by atoms with Gasteiger partial charge < -0.3 is 40.1 Å². The monoisotopic (exact) mass is 354 g/mol. The van der Waals surface area contributed by atoms with Gasteiger partial charge in [0.1, 0.15) is 12.7 Å². The van der Waals surface area contributed by atoms with Crippen molar-refractivity contribution in [3.63, 3.8) is 0 Å². The van der Waals surface area contributed by atoms with Gasteiger partial charge in [-0.1, -0.05) is 6.92 Å². The van der Waals surface area contributed by atoms with Gasteiger partial charge in [-0.15, -0.1) is 0 Å². The number of esters is 2. The van der Waals surface area contributed by atoms with Crippen LogP contribution in [-0.4, -0.2) is 91.6 Å². The lowest BCUT2D eigenvalue weighted by molar-refractivity contribution is -0.180. The van der Waals surface area contributed by atoms with Gasteiger partial charge in [0.15, 0.2) is 24.4 Å². The van der Waals surface area contributed by atoms with E-state index in [0.29, 0.717) is 0 Å². The van der Waals surface area contributed by atoms with E-state index in [9.17, 15) is 29.4 Å². The first-order valence-corrected chi connectivity index (χ1v) is 6.57. The van der Waals surface area contributed by atoms with E-state index >= 15 is 0 Å². The Bertz CT molecular complexity index is 475. The molecule has 0 bridgehead atoms. The number of aliphatic hydroxyl groups excluding tert-OH is 4. The van der Waals surface area contributed by atoms with Crippen molar-refractivity contribution in [2.75, 3.05) is 6.61 Å². The first kappa shape index (κ1) is 21.7. The second-order valence-corrected chi connectivity index (χ2v) is 4.55. The lowest BCUT2D eigenvalue weighted by atomic mass is 10.2. The number of hydrogen-bond donors (Lipinski definition) is 6. The fourth-order valence-corrected chi connectivity index (χ4v) is 1.26. The average molecular weight is 354 g/mol. The highest BCUT2D eigenvalue weighted by Gasteiger charge is 2.34. The molecule has 0 aromatic carbocycles. The van der Waals surface area contributed by atoms with Crippen molar-refractivity contribution >= 4 is 23.9 Å². The third-order valence-electron chi connectivity index (χ3n) is 2.74. The van der Waals surface area contributed by atoms with Gasteiger partial charge in [0.25, 0.3) is 0 Å². The highest BCUT2D eigenvalue weighted by Crippen LogP contribution is 2.06. The molecule has 0 rings (SSSR count). The summed E-state index contributed by atoms with van der Waals surface area (Å²) in [7, 11) is 0. The summed E-state index contributed by atoms with van der Waals surface area (Å²) >= 11 is 0. The van der Waals surface area contributed by atoms with E-state index in [1.165, 1.54) is 6.92 Å². The minimum Gasteiger partial charge on any atom is -0.479 e. The molecule has 0 spiro atoms. The fraction of sp³-hybridized carbons (Fsp3) is 0.667. The highest BCUT2D eigenvalue weighted by molar-refractivity contribution is 5.85. The second-order valence-electron chi connectivity index (χ2n) is 4.55. The number of aliphatic hydroxyl groups is 4. The zero-order chi connectivity index (χ0) is 19.0. The smallest absolute Gasteiger partial charge is 0.338 e. The summed E-state index contributed by atoms with van der Waals surface area (Å²) in [4.78, 5) is 43.6. The van der Waals surface area contributed by atoms with Crippen molar-refractivity contribution in [3.8, 4) is 0 Å². The summed E-state index contributed by atoms with van der Waals surface area (Å²) in [5.74, 6) is -6.70. The number of carboxylic acid groups (broad SMARTS) is 2. The minimum absolute atomic E-state index is 0.0342. The molecule has 0 heterocycles. The van der Waals surface area contributed by atoms with Gasteiger partial charge in [0.2, 0.25) is 0 Å². The van der Waals surface area contributed by atoms with Crippen molar-refractivity contribution in [1.29, 1.82) is 0 Å². The Hall–Kier alpha value is -2.28. The summed E-state index contributed by atoms with van der Waals surface area (Å²) in [5, 5.41) is 53.3. The van der Waals surface area contributed by atoms with Crippen molar-refractivity contribution in [2.24, 2.45) is 0 Å². The number of carbonyl (C=O) groups excluding carboxylic acids is 2. The summed E-state index contributed by atoms with van der Waals surface area (Å²) in [6.07, 6.45) is -10.7. The molecule has 12 nitrogen and oxygen atoms in total. The van der Waals surface area contributed by atoms with Crippen LogP contribution in [0.4, 0.5) is 0 Å². The predicted molar refractivity (Wildman–Crippen MR) is 70.4 cm³/mol. The molecule has 138 valence electrons. The molecule has 0 aliphatic rings. The number of aliphatic carboxylic acids is 2. The normalized spacial score (nSPS) is 17.0. The van der Waals surface area contributed by atoms with E-state index in [0.717, 1.165) is 0 Å². The van der Waals surface area contributed by atoms with Crippen LogP contribution in [0.1, 0.15) is 13.3 Å². The maximum atomic E-state index is 11.4. The average Bonchev–Trinajstić information content (AvgIpc) is 2.54. The summed E-state index contributed by atoms with van der Waals surface area (Å²) in [6, 6.07) is 0. The number of hydrogen-bond acceptors (Lipinski definition) is 10. The third kappa shape index (κ3) is 6.45. The largest absolute Gasteiger partial charge is 0.479 e. The lowest BCUT2D eigenvalue weighted by Crippen LogP contribution is -2.43. The Morgan fingerprint density at radius 1 is 0.792 bits per heavy atom. The van der Waals surface area contributed by atoms with Crippen LogP contribution < -0.4 is 0 Å². The Morgan fingerprint density at radius 2 is 1.21 bits per heavy atom. The molecule has 0 saturated carbocycles. The Labute approximate surface area is 134 Å². The van der Waals surface area contributed by atoms with E-state index in [-0.39, 0.29) is 6.42 Å². The van der Waals surface area contributed by atoms with Crippen LogP contribution in [0.15, 0.2) is 0 Å². The van der Waals surface area contributed by atoms with E-state index in [4.69, 9.17) is 20.4 Å². The van der Waals surface area contributed by atoms with Crippen LogP contribution >= 0.6 is 0 Å². The van der Waals surface area contributed by atoms with Crippen LogP contribution in [-0.2, 0) is 28.7 Å². The zero-order valence-electron chi connectivity index (χ0n) is 12.4. The molecule has 0 fully saturated rings. The Morgan fingerprint density at radius 3 is 1.58 bits per heavy atom. The standard InChI is InChI=1S/C12H18O12/c1-2-4(24-12(22)8(16)6(14)10(19)20)3-23-11(21)7(15)5(13)9(17)18/h4-8,13-16H,2-3H2,1H3,(H,17,18)(H,19,20). The van der Waals surface area contributed by atoms with E-state index in [1.54, 1.807) is 0 Å². The van der Waals surface area contributed by atoms with Crippen molar-refractivity contribution in [2.45, 2.75) is 43.9 Å². The molecule has 24 heavy (non-hydrogen) atoms. The molecule has 6 N–H and O–H groups in total. The molecular formula is C12H18O12. The van der Waals surface area contributed by atoms with Gasteiger partial charge in [0, 0.05) is 0 Å². The lowest BCUT2D eigenvalue weighted by Gasteiger charge is -2.20. The molecule has 0 saturated heterocycles. The van der Waals surface area contributed by atoms with E-state index < -0.39 is 61.0 Å². The number of rotatable bonds is 10. The molecule has 0 amide bonds. The van der Waals surface area contributed by atoms with E-state index in [1.807, 2.05) is 0 Å². The first-order valence-electron chi connectivity index (χ1n) is 6.57. The molecular weight excluding hydrogens is 336 g/mol. The quantitative estimate of drug-likeness (QED) is 0.211. The molecule has 0 aliphatic carbocycles. The van der Waals surface area contributed by atoms with Crippen LogP contribution in [0, 0.1) is 0 Å². The molecule has 0 aromatic rings. The summed E-state index contributed by atoms with van der Waals surface area (Å²) in [6.45, 7) is 0.800. The predicted octanol–water partition coefficient (Wildman–Crippen LogP) is -3.54. The van der Waals surface area contributed by atoms with Crippen LogP contribution in [0.5, 0.6) is 0 Å². The van der Waals surface area contributed by atoms with Crippen LogP contribution in [0.2, 0.25) is 0 Å². The number of carbonyl (C=O) groups is 4. The van der Waals surface area contributed by atoms with Gasteiger partial charge in [-0.25, -0.2) is 19.2 Å². The molecule has 5 unspecified atom stereocenters. The highest BCUT2D eigenvalue weighted by atomic mass is 16.6. The summed E-state index contributed by atoms with van der Waals surface area (Å²) in [5.41, 5.74) is 0. The molecule has 0 aromatic heterocycles. The van der Waals surface area contributed by atoms with Crippen molar-refractivity contribution in [3.05, 3.63) is 0 Å². The molecule has 0 aliphatic heterocycles. The van der Waals surface area contributed by atoms with Gasteiger partial charge in [-0.05, 0) is 6.42 Å². The van der Waals surface area contributed by atoms with Crippen LogP contribution in [0.3, 0.4) is 0 Å². The molecule has 5 atom stereocenters. The second kappa shape index (κ2) is 9.77. The molecule has 12 heteroatoms. The zero-order valence-corrected chi connectivity index (χ0v) is 12.4. The third-order valence-corrected chi connectivity index (χ3v) is 2.74. The number of ether oxygens (including phenoxy) is 2. The van der Waals surface area contributed by atoms with E-state index in [2.05, 4.69) is 9.47 Å². The topological polar surface area (TPSA) is 208 Å². The maximum absolute atomic E-state index is 11.4. The first-order chi connectivity index (χ1) is 11.0. The minimum atomic E-state index is -2.41.